The van der Waals surface area contributed by atoms with Crippen molar-refractivity contribution in [2.75, 3.05) is 27.2 Å². The summed E-state index contributed by atoms with van der Waals surface area (Å²) in [6.07, 6.45) is 0. The maximum atomic E-state index is 3.52. The quantitative estimate of drug-likeness (QED) is 0.797. The van der Waals surface area contributed by atoms with Crippen molar-refractivity contribution in [1.29, 1.82) is 0 Å². The fraction of sp³-hybridized carbons (Fsp3) is 0.625. The fourth-order valence-corrected chi connectivity index (χ4v) is 2.02. The molecule has 1 aromatic rings. The van der Waals surface area contributed by atoms with E-state index in [0.717, 1.165) is 25.6 Å². The van der Waals surface area contributed by atoms with Crippen LogP contribution in [0.15, 0.2) is 24.3 Å². The van der Waals surface area contributed by atoms with Gasteiger partial charge in [-0.25, -0.2) is 0 Å². The summed E-state index contributed by atoms with van der Waals surface area (Å²) >= 11 is 0. The van der Waals surface area contributed by atoms with Crippen LogP contribution < -0.4 is 5.32 Å². The van der Waals surface area contributed by atoms with Gasteiger partial charge in [-0.2, -0.15) is 0 Å². The number of nitrogens with zero attached hydrogens (tertiary/aromatic N) is 1. The van der Waals surface area contributed by atoms with Crippen molar-refractivity contribution in [3.05, 3.63) is 35.4 Å². The molecule has 1 aromatic carbocycles. The van der Waals surface area contributed by atoms with Crippen LogP contribution in [0.2, 0.25) is 0 Å². The lowest BCUT2D eigenvalue weighted by molar-refractivity contribution is 0.402. The Bertz CT molecular complexity index is 327. The molecule has 0 aliphatic rings. The van der Waals surface area contributed by atoms with Crippen molar-refractivity contribution in [3.63, 3.8) is 0 Å². The molecule has 0 amide bonds. The summed E-state index contributed by atoms with van der Waals surface area (Å²) in [6.45, 7) is 9.95. The molecule has 1 atom stereocenters. The highest BCUT2D eigenvalue weighted by atomic mass is 15.0. The zero-order chi connectivity index (χ0) is 13.5. The topological polar surface area (TPSA) is 15.3 Å². The third-order valence-corrected chi connectivity index (χ3v) is 3.05. The molecule has 1 rings (SSSR count). The van der Waals surface area contributed by atoms with Gasteiger partial charge in [-0.1, -0.05) is 45.0 Å². The Morgan fingerprint density at radius 3 is 2.11 bits per heavy atom. The van der Waals surface area contributed by atoms with Gasteiger partial charge in [0.1, 0.15) is 0 Å². The van der Waals surface area contributed by atoms with Crippen LogP contribution in [-0.2, 0) is 6.54 Å². The van der Waals surface area contributed by atoms with Crippen LogP contribution >= 0.6 is 0 Å². The molecular formula is C16H28N2. The molecule has 2 nitrogen and oxygen atoms in total. The number of rotatable bonds is 7. The molecule has 0 saturated heterocycles. The molecule has 1 unspecified atom stereocenters. The summed E-state index contributed by atoms with van der Waals surface area (Å²) < 4.78 is 0. The molecule has 0 aromatic heterocycles. The van der Waals surface area contributed by atoms with E-state index >= 15 is 0 Å². The summed E-state index contributed by atoms with van der Waals surface area (Å²) in [5.41, 5.74) is 2.81. The lowest BCUT2D eigenvalue weighted by Crippen LogP contribution is -2.24. The lowest BCUT2D eigenvalue weighted by Gasteiger charge is -2.15. The van der Waals surface area contributed by atoms with Gasteiger partial charge in [0.2, 0.25) is 0 Å². The number of hydrogen-bond donors (Lipinski definition) is 1. The average molecular weight is 248 g/mol. The minimum Gasteiger partial charge on any atom is -0.316 e. The monoisotopic (exact) mass is 248 g/mol. The molecule has 0 heterocycles. The Kier molecular flexibility index (Phi) is 6.37. The van der Waals surface area contributed by atoms with E-state index in [1.54, 1.807) is 0 Å². The van der Waals surface area contributed by atoms with Crippen molar-refractivity contribution in [2.24, 2.45) is 5.92 Å². The van der Waals surface area contributed by atoms with E-state index in [1.165, 1.54) is 11.1 Å². The van der Waals surface area contributed by atoms with Gasteiger partial charge in [0.05, 0.1) is 0 Å². The Labute approximate surface area is 112 Å². The Hall–Kier alpha value is -0.860. The van der Waals surface area contributed by atoms with Crippen molar-refractivity contribution in [1.82, 2.24) is 10.2 Å². The van der Waals surface area contributed by atoms with E-state index in [9.17, 15) is 0 Å². The SMILES string of the molecule is CC(C)CNCC(C)c1ccc(CN(C)C)cc1. The van der Waals surface area contributed by atoms with Crippen LogP contribution in [0.3, 0.4) is 0 Å². The highest BCUT2D eigenvalue weighted by Gasteiger charge is 2.05. The highest BCUT2D eigenvalue weighted by Crippen LogP contribution is 2.15. The molecule has 1 N–H and O–H groups in total. The average Bonchev–Trinajstić information content (AvgIpc) is 2.28. The molecule has 0 aliphatic heterocycles. The Morgan fingerprint density at radius 2 is 1.61 bits per heavy atom. The Morgan fingerprint density at radius 1 is 1.00 bits per heavy atom. The number of benzene rings is 1. The van der Waals surface area contributed by atoms with Gasteiger partial charge in [0.15, 0.2) is 0 Å². The second kappa shape index (κ2) is 7.55. The minimum absolute atomic E-state index is 0.581. The third kappa shape index (κ3) is 5.65. The Balaban J connectivity index is 2.46. The molecule has 2 heteroatoms. The van der Waals surface area contributed by atoms with E-state index in [1.807, 2.05) is 0 Å². The smallest absolute Gasteiger partial charge is 0.0227 e. The standard InChI is InChI=1S/C16H28N2/c1-13(2)10-17-11-14(3)16-8-6-15(7-9-16)12-18(4)5/h6-9,13-14,17H,10-12H2,1-5H3. The maximum Gasteiger partial charge on any atom is 0.0227 e. The first-order chi connectivity index (χ1) is 8.49. The van der Waals surface area contributed by atoms with Gasteiger partial charge in [0.25, 0.3) is 0 Å². The number of nitrogens with one attached hydrogen (secondary N) is 1. The van der Waals surface area contributed by atoms with Gasteiger partial charge in [0, 0.05) is 13.1 Å². The van der Waals surface area contributed by atoms with Gasteiger partial charge in [-0.3, -0.25) is 0 Å². The zero-order valence-electron chi connectivity index (χ0n) is 12.5. The van der Waals surface area contributed by atoms with Crippen LogP contribution in [0.1, 0.15) is 37.8 Å². The van der Waals surface area contributed by atoms with Gasteiger partial charge in [-0.05, 0) is 43.6 Å². The third-order valence-electron chi connectivity index (χ3n) is 3.05. The second-order valence-electron chi connectivity index (χ2n) is 5.93. The zero-order valence-corrected chi connectivity index (χ0v) is 12.5. The normalized spacial score (nSPS) is 13.3. The van der Waals surface area contributed by atoms with Crippen molar-refractivity contribution in [2.45, 2.75) is 33.2 Å². The van der Waals surface area contributed by atoms with Crippen LogP contribution in [0.25, 0.3) is 0 Å². The predicted octanol–water partition coefficient (Wildman–Crippen LogP) is 3.10. The molecule has 0 radical (unpaired) electrons. The summed E-state index contributed by atoms with van der Waals surface area (Å²) in [5, 5.41) is 3.52. The fourth-order valence-electron chi connectivity index (χ4n) is 2.02. The maximum absolute atomic E-state index is 3.52. The van der Waals surface area contributed by atoms with Crippen LogP contribution in [0.5, 0.6) is 0 Å². The van der Waals surface area contributed by atoms with Gasteiger partial charge in [-0.15, -0.1) is 0 Å². The van der Waals surface area contributed by atoms with E-state index in [-0.39, 0.29) is 0 Å². The van der Waals surface area contributed by atoms with Crippen LogP contribution in [0, 0.1) is 5.92 Å². The van der Waals surface area contributed by atoms with E-state index < -0.39 is 0 Å². The lowest BCUT2D eigenvalue weighted by atomic mass is 9.99. The van der Waals surface area contributed by atoms with Crippen molar-refractivity contribution >= 4 is 0 Å². The minimum atomic E-state index is 0.581. The van der Waals surface area contributed by atoms with E-state index in [4.69, 9.17) is 0 Å². The molecule has 0 aliphatic carbocycles. The molecule has 0 saturated carbocycles. The number of hydrogen-bond acceptors (Lipinski definition) is 2. The molecule has 0 fully saturated rings. The molecule has 18 heavy (non-hydrogen) atoms. The molecule has 0 spiro atoms. The summed E-state index contributed by atoms with van der Waals surface area (Å²) in [6, 6.07) is 9.02. The van der Waals surface area contributed by atoms with Gasteiger partial charge < -0.3 is 10.2 Å². The summed E-state index contributed by atoms with van der Waals surface area (Å²) in [7, 11) is 4.21. The van der Waals surface area contributed by atoms with E-state index in [0.29, 0.717) is 5.92 Å². The largest absolute Gasteiger partial charge is 0.316 e. The van der Waals surface area contributed by atoms with Gasteiger partial charge >= 0.3 is 0 Å². The predicted molar refractivity (Wildman–Crippen MR) is 80.0 cm³/mol. The van der Waals surface area contributed by atoms with Crippen molar-refractivity contribution in [3.8, 4) is 0 Å². The first-order valence-corrected chi connectivity index (χ1v) is 6.93. The molecular weight excluding hydrogens is 220 g/mol. The summed E-state index contributed by atoms with van der Waals surface area (Å²) in [5.74, 6) is 1.30. The van der Waals surface area contributed by atoms with Crippen molar-refractivity contribution < 1.29 is 0 Å². The summed E-state index contributed by atoms with van der Waals surface area (Å²) in [4.78, 5) is 2.20. The first kappa shape index (κ1) is 15.2. The second-order valence-corrected chi connectivity index (χ2v) is 5.93. The first-order valence-electron chi connectivity index (χ1n) is 6.93. The molecule has 0 bridgehead atoms. The highest BCUT2D eigenvalue weighted by molar-refractivity contribution is 5.25. The molecule has 102 valence electrons. The van der Waals surface area contributed by atoms with E-state index in [2.05, 4.69) is 69.3 Å². The van der Waals surface area contributed by atoms with Crippen LogP contribution in [-0.4, -0.2) is 32.1 Å². The van der Waals surface area contributed by atoms with Crippen LogP contribution in [0.4, 0.5) is 0 Å².